The third kappa shape index (κ3) is 3.41. The number of carbonyl (C=O) groups excluding carboxylic acids is 1. The number of rotatable bonds is 3. The minimum absolute atomic E-state index is 0.142. The van der Waals surface area contributed by atoms with Crippen LogP contribution in [0.3, 0.4) is 0 Å². The number of nitrogens with zero attached hydrogens (tertiary/aromatic N) is 4. The average molecular weight is 487 g/mol. The number of likely N-dealkylation sites (N-methyl/N-ethyl adjacent to an activating group) is 1. The van der Waals surface area contributed by atoms with E-state index in [0.29, 0.717) is 39.7 Å². The van der Waals surface area contributed by atoms with Gasteiger partial charge in [-0.3, -0.25) is 9.69 Å². The van der Waals surface area contributed by atoms with E-state index in [4.69, 9.17) is 0 Å². The summed E-state index contributed by atoms with van der Waals surface area (Å²) < 4.78 is 28.7. The molecule has 0 N–H and O–H groups in total. The molecule has 1 aliphatic rings. The number of piperazine rings is 1. The number of fused-ring (bicyclic) bond motifs is 1. The fourth-order valence-corrected chi connectivity index (χ4v) is 5.63. The first kappa shape index (κ1) is 20.6. The molecule has 30 heavy (non-hydrogen) atoms. The molecule has 4 rings (SSSR count). The van der Waals surface area contributed by atoms with Crippen LogP contribution in [0.4, 0.5) is 5.69 Å². The highest BCUT2D eigenvalue weighted by atomic mass is 79.9. The van der Waals surface area contributed by atoms with E-state index < -0.39 is 10.0 Å². The number of aryl methyl sites for hydroxylation is 1. The van der Waals surface area contributed by atoms with Gasteiger partial charge in [0.1, 0.15) is 0 Å². The Labute approximate surface area is 183 Å². The molecule has 7 nitrogen and oxygen atoms in total. The van der Waals surface area contributed by atoms with Gasteiger partial charge in [-0.05, 0) is 54.2 Å². The second-order valence-corrected chi connectivity index (χ2v) is 10.0. The van der Waals surface area contributed by atoms with E-state index in [1.54, 1.807) is 41.3 Å². The number of hydrogen-bond acceptors (Lipinski definition) is 5. The summed E-state index contributed by atoms with van der Waals surface area (Å²) in [7, 11) is -2.06. The second-order valence-electron chi connectivity index (χ2n) is 7.38. The summed E-state index contributed by atoms with van der Waals surface area (Å²) >= 11 is 3.43. The van der Waals surface area contributed by atoms with Gasteiger partial charge in [-0.15, -0.1) is 0 Å². The van der Waals surface area contributed by atoms with Gasteiger partial charge in [-0.2, -0.15) is 5.26 Å². The van der Waals surface area contributed by atoms with Gasteiger partial charge in [0.15, 0.2) is 0 Å². The van der Waals surface area contributed by atoms with Crippen LogP contribution in [-0.4, -0.2) is 49.9 Å². The average Bonchev–Trinajstić information content (AvgIpc) is 3.05. The maximum Gasteiger partial charge on any atom is 0.268 e. The van der Waals surface area contributed by atoms with Crippen molar-refractivity contribution < 1.29 is 13.2 Å². The normalized spacial score (nSPS) is 15.5. The molecule has 2 aromatic carbocycles. The maximum atomic E-state index is 13.5. The Balaban J connectivity index is 2.00. The van der Waals surface area contributed by atoms with E-state index in [1.807, 2.05) is 18.9 Å². The predicted octanol–water partition coefficient (Wildman–Crippen LogP) is 3.10. The van der Waals surface area contributed by atoms with Gasteiger partial charge in [0.25, 0.3) is 10.0 Å². The van der Waals surface area contributed by atoms with Crippen molar-refractivity contribution in [2.75, 3.05) is 31.6 Å². The van der Waals surface area contributed by atoms with Gasteiger partial charge in [-0.1, -0.05) is 17.7 Å². The number of hydrogen-bond donors (Lipinski definition) is 0. The Hall–Kier alpha value is -2.67. The second kappa shape index (κ2) is 7.54. The van der Waals surface area contributed by atoms with E-state index in [9.17, 15) is 18.5 Å². The van der Waals surface area contributed by atoms with Crippen LogP contribution in [0.1, 0.15) is 11.1 Å². The molecule has 0 unspecified atom stereocenters. The molecule has 3 aromatic rings. The Morgan fingerprint density at radius 3 is 2.47 bits per heavy atom. The number of aromatic nitrogens is 1. The van der Waals surface area contributed by atoms with Crippen molar-refractivity contribution in [2.45, 2.75) is 11.8 Å². The molecule has 154 valence electrons. The Kier molecular flexibility index (Phi) is 5.18. The summed E-state index contributed by atoms with van der Waals surface area (Å²) in [4.78, 5) is 16.4. The molecule has 1 fully saturated rings. The molecule has 0 radical (unpaired) electrons. The lowest BCUT2D eigenvalue weighted by Crippen LogP contribution is -2.49. The molecule has 1 saturated heterocycles. The van der Waals surface area contributed by atoms with Crippen LogP contribution in [0.2, 0.25) is 0 Å². The summed E-state index contributed by atoms with van der Waals surface area (Å²) in [5.41, 5.74) is 2.10. The third-order valence-electron chi connectivity index (χ3n) is 5.21. The molecule has 1 aromatic heterocycles. The molecule has 9 heteroatoms. The quantitative estimate of drug-likeness (QED) is 0.567. The van der Waals surface area contributed by atoms with Crippen molar-refractivity contribution in [3.63, 3.8) is 0 Å². The molecule has 1 amide bonds. The highest BCUT2D eigenvalue weighted by Gasteiger charge is 2.29. The summed E-state index contributed by atoms with van der Waals surface area (Å²) in [6, 6.07) is 11.9. The molecular weight excluding hydrogens is 468 g/mol. The summed E-state index contributed by atoms with van der Waals surface area (Å²) in [6.45, 7) is 3.17. The molecule has 0 bridgehead atoms. The lowest BCUT2D eigenvalue weighted by molar-refractivity contribution is -0.120. The zero-order chi connectivity index (χ0) is 21.6. The van der Waals surface area contributed by atoms with E-state index in [2.05, 4.69) is 22.0 Å². The van der Waals surface area contributed by atoms with Gasteiger partial charge in [0.05, 0.1) is 34.3 Å². The predicted molar refractivity (Wildman–Crippen MR) is 118 cm³/mol. The van der Waals surface area contributed by atoms with Crippen molar-refractivity contribution >= 4 is 48.5 Å². The van der Waals surface area contributed by atoms with Crippen LogP contribution >= 0.6 is 15.9 Å². The molecule has 0 spiro atoms. The van der Waals surface area contributed by atoms with E-state index >= 15 is 0 Å². The SMILES string of the molecule is Cc1ccc(S(=O)(=O)n2cc(Br)c3cc(C#N)cc(N4CCN(C)CC4=O)c32)cc1. The smallest absolute Gasteiger partial charge is 0.268 e. The van der Waals surface area contributed by atoms with Crippen molar-refractivity contribution in [1.82, 2.24) is 8.87 Å². The minimum Gasteiger partial charge on any atom is -0.308 e. The van der Waals surface area contributed by atoms with Gasteiger partial charge < -0.3 is 4.90 Å². The van der Waals surface area contributed by atoms with E-state index in [0.717, 1.165) is 5.56 Å². The first-order valence-corrected chi connectivity index (χ1v) is 11.5. The van der Waals surface area contributed by atoms with Crippen LogP contribution < -0.4 is 4.90 Å². The zero-order valence-electron chi connectivity index (χ0n) is 16.5. The molecule has 0 aliphatic carbocycles. The van der Waals surface area contributed by atoms with Crippen molar-refractivity contribution in [3.05, 3.63) is 58.2 Å². The highest BCUT2D eigenvalue weighted by molar-refractivity contribution is 9.10. The lowest BCUT2D eigenvalue weighted by Gasteiger charge is -2.32. The van der Waals surface area contributed by atoms with Crippen LogP contribution in [0.15, 0.2) is 52.0 Å². The number of nitriles is 1. The van der Waals surface area contributed by atoms with Gasteiger partial charge in [0.2, 0.25) is 5.91 Å². The van der Waals surface area contributed by atoms with Crippen LogP contribution in [-0.2, 0) is 14.8 Å². The molecule has 2 heterocycles. The first-order valence-electron chi connectivity index (χ1n) is 9.28. The maximum absolute atomic E-state index is 13.5. The topological polar surface area (TPSA) is 86.4 Å². The van der Waals surface area contributed by atoms with E-state index in [-0.39, 0.29) is 17.3 Å². The molecular formula is C21H19BrN4O3S. The Morgan fingerprint density at radius 1 is 1.13 bits per heavy atom. The van der Waals surface area contributed by atoms with Crippen LogP contribution in [0.25, 0.3) is 10.9 Å². The largest absolute Gasteiger partial charge is 0.308 e. The fourth-order valence-electron chi connectivity index (χ4n) is 3.60. The number of anilines is 1. The number of halogens is 1. The fraction of sp³-hybridized carbons (Fsp3) is 0.238. The molecule has 0 atom stereocenters. The summed E-state index contributed by atoms with van der Waals surface area (Å²) in [5.74, 6) is -0.142. The first-order chi connectivity index (χ1) is 14.2. The molecule has 0 saturated carbocycles. The van der Waals surface area contributed by atoms with Crippen LogP contribution in [0.5, 0.6) is 0 Å². The standard InChI is InChI=1S/C21H19BrN4O3S/c1-14-3-5-16(6-4-14)30(28,29)26-12-18(22)17-9-15(11-23)10-19(21(17)26)25-8-7-24(2)13-20(25)27/h3-6,9-10,12H,7-8,13H2,1-2H3. The van der Waals surface area contributed by atoms with Gasteiger partial charge in [-0.25, -0.2) is 12.4 Å². The minimum atomic E-state index is -3.92. The van der Waals surface area contributed by atoms with E-state index in [1.165, 1.54) is 10.2 Å². The zero-order valence-corrected chi connectivity index (χ0v) is 18.9. The lowest BCUT2D eigenvalue weighted by atomic mass is 10.1. The highest BCUT2D eigenvalue weighted by Crippen LogP contribution is 2.37. The summed E-state index contributed by atoms with van der Waals surface area (Å²) in [5, 5.41) is 10.0. The monoisotopic (exact) mass is 486 g/mol. The molecule has 1 aliphatic heterocycles. The Bertz CT molecular complexity index is 1310. The number of amides is 1. The number of carbonyl (C=O) groups is 1. The van der Waals surface area contributed by atoms with Crippen LogP contribution in [0, 0.1) is 18.3 Å². The third-order valence-corrected chi connectivity index (χ3v) is 7.51. The summed E-state index contributed by atoms with van der Waals surface area (Å²) in [6.07, 6.45) is 1.48. The number of benzene rings is 2. The Morgan fingerprint density at radius 2 is 1.83 bits per heavy atom. The van der Waals surface area contributed by atoms with Crippen molar-refractivity contribution in [2.24, 2.45) is 0 Å². The van der Waals surface area contributed by atoms with Gasteiger partial charge >= 0.3 is 0 Å². The van der Waals surface area contributed by atoms with Crippen molar-refractivity contribution in [1.29, 1.82) is 5.26 Å². The van der Waals surface area contributed by atoms with Crippen molar-refractivity contribution in [3.8, 4) is 6.07 Å². The van der Waals surface area contributed by atoms with Gasteiger partial charge in [0, 0.05) is 29.1 Å².